The van der Waals surface area contributed by atoms with Crippen LogP contribution in [-0.2, 0) is 0 Å². The van der Waals surface area contributed by atoms with Crippen LogP contribution < -0.4 is 14.8 Å². The largest absolute Gasteiger partial charge is 0.497 e. The molecule has 2 aromatic rings. The van der Waals surface area contributed by atoms with E-state index in [0.29, 0.717) is 6.42 Å². The first-order valence-electron chi connectivity index (χ1n) is 7.72. The number of aliphatic hydroxyl groups is 1. The molecular weight excluding hydrogens is 290 g/mol. The number of aliphatic hydroxyl groups excluding tert-OH is 1. The highest BCUT2D eigenvalue weighted by molar-refractivity contribution is 5.77. The number of para-hydroxylation sites is 1. The standard InChI is InChI=1S/C19H21NO3/c1-13-12-18(21)20-17-5-3-4-15(19(17)23-13)9-6-14-7-10-16(22-2)11-8-14/h3-11,13,18,20-21H,12H2,1-2H3/b9-6+/t13-,18?/m1/s1. The van der Waals surface area contributed by atoms with E-state index in [9.17, 15) is 5.11 Å². The van der Waals surface area contributed by atoms with Gasteiger partial charge in [0.05, 0.1) is 12.8 Å². The molecule has 2 atom stereocenters. The van der Waals surface area contributed by atoms with E-state index in [1.165, 1.54) is 0 Å². The van der Waals surface area contributed by atoms with Crippen molar-refractivity contribution in [3.63, 3.8) is 0 Å². The van der Waals surface area contributed by atoms with Gasteiger partial charge in [0.2, 0.25) is 0 Å². The SMILES string of the molecule is COc1ccc(/C=C/c2cccc3c2O[C@H](C)CC(O)N3)cc1. The predicted octanol–water partition coefficient (Wildman–Crippen LogP) is 3.77. The van der Waals surface area contributed by atoms with Gasteiger partial charge >= 0.3 is 0 Å². The minimum atomic E-state index is -0.591. The number of nitrogens with one attached hydrogen (secondary N) is 1. The van der Waals surface area contributed by atoms with Crippen molar-refractivity contribution < 1.29 is 14.6 Å². The third-order valence-electron chi connectivity index (χ3n) is 3.81. The number of rotatable bonds is 3. The third-order valence-corrected chi connectivity index (χ3v) is 3.81. The van der Waals surface area contributed by atoms with Gasteiger partial charge in [0.15, 0.2) is 0 Å². The van der Waals surface area contributed by atoms with Crippen LogP contribution in [0.5, 0.6) is 11.5 Å². The Morgan fingerprint density at radius 2 is 1.96 bits per heavy atom. The van der Waals surface area contributed by atoms with Gasteiger partial charge in [-0.2, -0.15) is 0 Å². The normalized spacial score (nSPS) is 20.3. The molecule has 2 aromatic carbocycles. The van der Waals surface area contributed by atoms with Crippen LogP contribution in [0.15, 0.2) is 42.5 Å². The summed E-state index contributed by atoms with van der Waals surface area (Å²) in [5, 5.41) is 13.0. The van der Waals surface area contributed by atoms with Gasteiger partial charge in [-0.3, -0.25) is 0 Å². The molecule has 1 aliphatic rings. The summed E-state index contributed by atoms with van der Waals surface area (Å²) in [6.45, 7) is 1.96. The van der Waals surface area contributed by atoms with Crippen molar-refractivity contribution in [2.75, 3.05) is 12.4 Å². The van der Waals surface area contributed by atoms with Crippen molar-refractivity contribution in [3.05, 3.63) is 53.6 Å². The fraction of sp³-hybridized carbons (Fsp3) is 0.263. The molecule has 1 aliphatic heterocycles. The second-order valence-corrected chi connectivity index (χ2v) is 5.65. The Balaban J connectivity index is 1.88. The third kappa shape index (κ3) is 3.66. The minimum absolute atomic E-state index is 0.0470. The highest BCUT2D eigenvalue weighted by atomic mass is 16.5. The van der Waals surface area contributed by atoms with Crippen molar-refractivity contribution in [1.82, 2.24) is 0 Å². The lowest BCUT2D eigenvalue weighted by atomic mass is 10.1. The van der Waals surface area contributed by atoms with E-state index >= 15 is 0 Å². The Labute approximate surface area is 136 Å². The van der Waals surface area contributed by atoms with E-state index in [1.807, 2.05) is 61.5 Å². The summed E-state index contributed by atoms with van der Waals surface area (Å²) in [5.74, 6) is 1.62. The number of methoxy groups -OCH3 is 1. The summed E-state index contributed by atoms with van der Waals surface area (Å²) in [6.07, 6.45) is 3.97. The van der Waals surface area contributed by atoms with E-state index < -0.39 is 6.23 Å². The first kappa shape index (κ1) is 15.4. The van der Waals surface area contributed by atoms with Gasteiger partial charge in [-0.05, 0) is 30.7 Å². The molecular formula is C19H21NO3. The Hall–Kier alpha value is -2.46. The van der Waals surface area contributed by atoms with Crippen LogP contribution in [0.3, 0.4) is 0 Å². The van der Waals surface area contributed by atoms with E-state index in [2.05, 4.69) is 5.32 Å². The molecule has 0 saturated heterocycles. The molecule has 0 saturated carbocycles. The predicted molar refractivity (Wildman–Crippen MR) is 92.7 cm³/mol. The highest BCUT2D eigenvalue weighted by Gasteiger charge is 2.20. The number of anilines is 1. The van der Waals surface area contributed by atoms with Crippen LogP contribution in [0.25, 0.3) is 12.2 Å². The van der Waals surface area contributed by atoms with Crippen molar-refractivity contribution in [3.8, 4) is 11.5 Å². The summed E-state index contributed by atoms with van der Waals surface area (Å²) >= 11 is 0. The van der Waals surface area contributed by atoms with Crippen LogP contribution in [0.2, 0.25) is 0 Å². The molecule has 4 nitrogen and oxygen atoms in total. The van der Waals surface area contributed by atoms with Crippen LogP contribution in [0.4, 0.5) is 5.69 Å². The lowest BCUT2D eigenvalue weighted by Gasteiger charge is -2.14. The van der Waals surface area contributed by atoms with Gasteiger partial charge in [0, 0.05) is 12.0 Å². The number of fused-ring (bicyclic) bond motifs is 1. The van der Waals surface area contributed by atoms with Crippen LogP contribution in [0, 0.1) is 0 Å². The summed E-state index contributed by atoms with van der Waals surface area (Å²) in [6, 6.07) is 13.7. The molecule has 0 bridgehead atoms. The second kappa shape index (κ2) is 6.75. The molecule has 0 aromatic heterocycles. The van der Waals surface area contributed by atoms with Gasteiger partial charge in [-0.25, -0.2) is 0 Å². The molecule has 2 N–H and O–H groups in total. The number of benzene rings is 2. The van der Waals surface area contributed by atoms with Gasteiger partial charge in [-0.15, -0.1) is 0 Å². The molecule has 1 heterocycles. The summed E-state index contributed by atoms with van der Waals surface area (Å²) < 4.78 is 11.2. The highest BCUT2D eigenvalue weighted by Crippen LogP contribution is 2.34. The molecule has 120 valence electrons. The molecule has 4 heteroatoms. The van der Waals surface area contributed by atoms with E-state index in [0.717, 1.165) is 28.3 Å². The monoisotopic (exact) mass is 311 g/mol. The number of hydrogen-bond acceptors (Lipinski definition) is 4. The molecule has 0 spiro atoms. The molecule has 1 unspecified atom stereocenters. The fourth-order valence-corrected chi connectivity index (χ4v) is 2.63. The maximum Gasteiger partial charge on any atom is 0.150 e. The first-order valence-corrected chi connectivity index (χ1v) is 7.72. The van der Waals surface area contributed by atoms with Gasteiger partial charge in [0.25, 0.3) is 0 Å². The average Bonchev–Trinajstić information content (AvgIpc) is 2.70. The van der Waals surface area contributed by atoms with Gasteiger partial charge < -0.3 is 19.9 Å². The van der Waals surface area contributed by atoms with Crippen molar-refractivity contribution in [2.24, 2.45) is 0 Å². The fourth-order valence-electron chi connectivity index (χ4n) is 2.63. The number of hydrogen-bond donors (Lipinski definition) is 2. The van der Waals surface area contributed by atoms with E-state index in [1.54, 1.807) is 7.11 Å². The van der Waals surface area contributed by atoms with Crippen LogP contribution >= 0.6 is 0 Å². The second-order valence-electron chi connectivity index (χ2n) is 5.65. The zero-order valence-electron chi connectivity index (χ0n) is 13.3. The Morgan fingerprint density at radius 3 is 2.70 bits per heavy atom. The quantitative estimate of drug-likeness (QED) is 0.847. The zero-order chi connectivity index (χ0) is 16.2. The lowest BCUT2D eigenvalue weighted by molar-refractivity contribution is 0.131. The maximum atomic E-state index is 9.93. The van der Waals surface area contributed by atoms with Gasteiger partial charge in [-0.1, -0.05) is 36.4 Å². The Kier molecular flexibility index (Phi) is 4.53. The van der Waals surface area contributed by atoms with Crippen molar-refractivity contribution in [2.45, 2.75) is 25.7 Å². The Bertz CT molecular complexity index is 694. The Morgan fingerprint density at radius 1 is 1.17 bits per heavy atom. The topological polar surface area (TPSA) is 50.7 Å². The van der Waals surface area contributed by atoms with E-state index in [-0.39, 0.29) is 6.10 Å². The maximum absolute atomic E-state index is 9.93. The summed E-state index contributed by atoms with van der Waals surface area (Å²) in [7, 11) is 1.66. The molecule has 0 radical (unpaired) electrons. The van der Waals surface area contributed by atoms with E-state index in [4.69, 9.17) is 9.47 Å². The van der Waals surface area contributed by atoms with Crippen LogP contribution in [0.1, 0.15) is 24.5 Å². The first-order chi connectivity index (χ1) is 11.2. The number of ether oxygens (including phenoxy) is 2. The van der Waals surface area contributed by atoms with Crippen molar-refractivity contribution in [1.29, 1.82) is 0 Å². The molecule has 0 fully saturated rings. The summed E-state index contributed by atoms with van der Waals surface area (Å²) in [4.78, 5) is 0. The summed E-state index contributed by atoms with van der Waals surface area (Å²) in [5.41, 5.74) is 2.88. The lowest BCUT2D eigenvalue weighted by Crippen LogP contribution is -2.22. The van der Waals surface area contributed by atoms with Crippen molar-refractivity contribution >= 4 is 17.8 Å². The molecule has 0 aliphatic carbocycles. The molecule has 3 rings (SSSR count). The molecule has 0 amide bonds. The zero-order valence-corrected chi connectivity index (χ0v) is 13.3. The minimum Gasteiger partial charge on any atom is -0.497 e. The average molecular weight is 311 g/mol. The van der Waals surface area contributed by atoms with Gasteiger partial charge in [0.1, 0.15) is 23.8 Å². The molecule has 23 heavy (non-hydrogen) atoms. The smallest absolute Gasteiger partial charge is 0.150 e. The van der Waals surface area contributed by atoms with Crippen LogP contribution in [-0.4, -0.2) is 24.5 Å².